The van der Waals surface area contributed by atoms with Gasteiger partial charge in [0.25, 0.3) is 0 Å². The van der Waals surface area contributed by atoms with Gasteiger partial charge >= 0.3 is 0 Å². The molecular formula is C17H14BrFN2OS3. The second-order valence-corrected chi connectivity index (χ2v) is 9.27. The Balaban J connectivity index is 1.53. The molecule has 130 valence electrons. The Labute approximate surface area is 166 Å². The number of aromatic nitrogens is 2. The third kappa shape index (κ3) is 5.44. The second kappa shape index (κ2) is 9.02. The highest BCUT2D eigenvalue weighted by Gasteiger charge is 2.08. The number of nitrogens with zero attached hydrogens (tertiary/aromatic N) is 2. The molecule has 0 atom stereocenters. The molecule has 3 aromatic rings. The maximum atomic E-state index is 13.1. The van der Waals surface area contributed by atoms with E-state index in [2.05, 4.69) is 38.3 Å². The topological polar surface area (TPSA) is 35.0 Å². The highest BCUT2D eigenvalue weighted by molar-refractivity contribution is 9.10. The molecule has 0 unspecified atom stereocenters. The molecule has 1 heterocycles. The van der Waals surface area contributed by atoms with E-state index in [0.717, 1.165) is 36.0 Å². The van der Waals surface area contributed by atoms with Crippen molar-refractivity contribution >= 4 is 50.8 Å². The van der Waals surface area contributed by atoms with Crippen LogP contribution in [0.5, 0.6) is 5.75 Å². The Bertz CT molecular complexity index is 842. The minimum absolute atomic E-state index is 0.242. The Morgan fingerprint density at radius 3 is 2.36 bits per heavy atom. The third-order valence-electron chi connectivity index (χ3n) is 3.28. The fraction of sp³-hybridized carbons (Fsp3) is 0.176. The number of thioether (sulfide) groups is 2. The highest BCUT2D eigenvalue weighted by atomic mass is 79.9. The van der Waals surface area contributed by atoms with Crippen molar-refractivity contribution in [2.45, 2.75) is 20.2 Å². The van der Waals surface area contributed by atoms with E-state index in [1.165, 1.54) is 17.7 Å². The van der Waals surface area contributed by atoms with E-state index in [1.807, 2.05) is 12.1 Å². The number of hydrogen-bond donors (Lipinski definition) is 0. The lowest BCUT2D eigenvalue weighted by atomic mass is 10.2. The van der Waals surface area contributed by atoms with E-state index >= 15 is 0 Å². The van der Waals surface area contributed by atoms with Gasteiger partial charge in [-0.3, -0.25) is 0 Å². The first-order valence-electron chi connectivity index (χ1n) is 7.30. The zero-order valence-corrected chi connectivity index (χ0v) is 17.3. The molecule has 3 rings (SSSR count). The number of hydrogen-bond acceptors (Lipinski definition) is 6. The van der Waals surface area contributed by atoms with Crippen LogP contribution in [0.4, 0.5) is 4.39 Å². The average molecular weight is 457 g/mol. The van der Waals surface area contributed by atoms with Gasteiger partial charge < -0.3 is 4.74 Å². The van der Waals surface area contributed by atoms with E-state index in [4.69, 9.17) is 4.74 Å². The predicted octanol–water partition coefficient (Wildman–Crippen LogP) is 6.03. The lowest BCUT2D eigenvalue weighted by Crippen LogP contribution is -1.84. The number of benzene rings is 2. The molecule has 0 spiro atoms. The van der Waals surface area contributed by atoms with Crippen molar-refractivity contribution in [2.24, 2.45) is 0 Å². The molecule has 0 aliphatic heterocycles. The maximum absolute atomic E-state index is 13.1. The van der Waals surface area contributed by atoms with E-state index in [1.54, 1.807) is 48.0 Å². The molecule has 0 saturated heterocycles. The molecule has 0 radical (unpaired) electrons. The van der Waals surface area contributed by atoms with Gasteiger partial charge in [-0.1, -0.05) is 69.0 Å². The first-order valence-corrected chi connectivity index (χ1v) is 10.9. The molecule has 0 aliphatic carbocycles. The third-order valence-corrected chi connectivity index (χ3v) is 7.32. The zero-order valence-electron chi connectivity index (χ0n) is 13.2. The lowest BCUT2D eigenvalue weighted by Gasteiger charge is -2.02. The van der Waals surface area contributed by atoms with Crippen molar-refractivity contribution in [3.63, 3.8) is 0 Å². The first-order chi connectivity index (χ1) is 12.1. The quantitative estimate of drug-likeness (QED) is 0.405. The normalized spacial score (nSPS) is 10.8. The molecule has 0 aliphatic rings. The highest BCUT2D eigenvalue weighted by Crippen LogP contribution is 2.33. The molecule has 0 N–H and O–H groups in total. The molecule has 2 aromatic carbocycles. The van der Waals surface area contributed by atoms with Crippen molar-refractivity contribution < 1.29 is 9.13 Å². The number of ether oxygens (including phenoxy) is 1. The Hall–Kier alpha value is -1.09. The van der Waals surface area contributed by atoms with Crippen LogP contribution in [-0.4, -0.2) is 17.3 Å². The van der Waals surface area contributed by atoms with Crippen molar-refractivity contribution in [1.29, 1.82) is 0 Å². The van der Waals surface area contributed by atoms with Gasteiger partial charge in [0.15, 0.2) is 8.68 Å². The molecule has 0 saturated carbocycles. The van der Waals surface area contributed by atoms with Gasteiger partial charge in [-0.25, -0.2) is 4.39 Å². The van der Waals surface area contributed by atoms with Crippen LogP contribution >= 0.6 is 50.8 Å². The first kappa shape index (κ1) is 18.7. The molecule has 0 amide bonds. The van der Waals surface area contributed by atoms with Crippen LogP contribution in [0.15, 0.2) is 55.6 Å². The van der Waals surface area contributed by atoms with Crippen LogP contribution in [-0.2, 0) is 11.5 Å². The van der Waals surface area contributed by atoms with Crippen molar-refractivity contribution in [3.05, 3.63) is 63.9 Å². The lowest BCUT2D eigenvalue weighted by molar-refractivity contribution is 0.414. The monoisotopic (exact) mass is 456 g/mol. The summed E-state index contributed by atoms with van der Waals surface area (Å²) in [5.74, 6) is 2.18. The summed E-state index contributed by atoms with van der Waals surface area (Å²) in [5.41, 5.74) is 2.25. The van der Waals surface area contributed by atoms with Crippen molar-refractivity contribution in [2.75, 3.05) is 7.11 Å². The van der Waals surface area contributed by atoms with Gasteiger partial charge in [-0.05, 0) is 35.4 Å². The van der Waals surface area contributed by atoms with E-state index in [-0.39, 0.29) is 5.82 Å². The van der Waals surface area contributed by atoms with Gasteiger partial charge in [0.05, 0.1) is 7.11 Å². The summed E-state index contributed by atoms with van der Waals surface area (Å²) in [6, 6.07) is 12.7. The fourth-order valence-corrected chi connectivity index (χ4v) is 5.62. The van der Waals surface area contributed by atoms with Gasteiger partial charge in [0, 0.05) is 16.0 Å². The molecule has 0 fully saturated rings. The Morgan fingerprint density at radius 2 is 1.72 bits per heavy atom. The summed E-state index contributed by atoms with van der Waals surface area (Å²) in [6.45, 7) is 0. The molecular weight excluding hydrogens is 443 g/mol. The summed E-state index contributed by atoms with van der Waals surface area (Å²) in [5, 5.41) is 8.45. The van der Waals surface area contributed by atoms with E-state index < -0.39 is 0 Å². The molecule has 8 heteroatoms. The fourth-order valence-electron chi connectivity index (χ4n) is 1.96. The van der Waals surface area contributed by atoms with Crippen LogP contribution in [0.3, 0.4) is 0 Å². The van der Waals surface area contributed by atoms with Crippen LogP contribution in [0.1, 0.15) is 11.1 Å². The van der Waals surface area contributed by atoms with Crippen LogP contribution in [0.25, 0.3) is 0 Å². The minimum atomic E-state index is -0.242. The van der Waals surface area contributed by atoms with Crippen LogP contribution in [0.2, 0.25) is 0 Å². The van der Waals surface area contributed by atoms with Gasteiger partial charge in [0.1, 0.15) is 11.6 Å². The summed E-state index contributed by atoms with van der Waals surface area (Å²) in [4.78, 5) is 0. The summed E-state index contributed by atoms with van der Waals surface area (Å²) in [6.07, 6.45) is 0. The summed E-state index contributed by atoms with van der Waals surface area (Å²) in [7, 11) is 1.66. The number of halogens is 2. The van der Waals surface area contributed by atoms with Crippen molar-refractivity contribution in [3.8, 4) is 5.75 Å². The SMILES string of the molecule is COc1ccc(CSc2nnc(SCc3ccc(F)cc3Br)s2)cc1. The van der Waals surface area contributed by atoms with Crippen LogP contribution < -0.4 is 4.74 Å². The number of methoxy groups -OCH3 is 1. The average Bonchev–Trinajstić information content (AvgIpc) is 3.07. The predicted molar refractivity (Wildman–Crippen MR) is 106 cm³/mol. The van der Waals surface area contributed by atoms with Gasteiger partial charge in [0.2, 0.25) is 0 Å². The van der Waals surface area contributed by atoms with E-state index in [0.29, 0.717) is 0 Å². The Morgan fingerprint density at radius 1 is 1.04 bits per heavy atom. The summed E-state index contributed by atoms with van der Waals surface area (Å²) >= 11 is 8.24. The molecule has 25 heavy (non-hydrogen) atoms. The van der Waals surface area contributed by atoms with Gasteiger partial charge in [-0.2, -0.15) is 0 Å². The molecule has 3 nitrogen and oxygen atoms in total. The smallest absolute Gasteiger partial charge is 0.175 e. The van der Waals surface area contributed by atoms with Crippen LogP contribution in [0, 0.1) is 5.82 Å². The standard InChI is InChI=1S/C17H14BrFN2OS3/c1-22-14-6-2-11(3-7-14)9-23-16-20-21-17(25-16)24-10-12-4-5-13(19)8-15(12)18/h2-8H,9-10H2,1H3. The maximum Gasteiger partial charge on any atom is 0.175 e. The number of rotatable bonds is 7. The van der Waals surface area contributed by atoms with Crippen molar-refractivity contribution in [1.82, 2.24) is 10.2 Å². The minimum Gasteiger partial charge on any atom is -0.497 e. The van der Waals surface area contributed by atoms with Gasteiger partial charge in [-0.15, -0.1) is 10.2 Å². The van der Waals surface area contributed by atoms with E-state index in [9.17, 15) is 4.39 Å². The second-order valence-electron chi connectivity index (χ2n) is 5.00. The largest absolute Gasteiger partial charge is 0.497 e. The molecule has 0 bridgehead atoms. The Kier molecular flexibility index (Phi) is 6.75. The zero-order chi connectivity index (χ0) is 17.6. The summed E-state index contributed by atoms with van der Waals surface area (Å²) < 4.78 is 20.9. The molecule has 1 aromatic heterocycles.